The van der Waals surface area contributed by atoms with E-state index in [4.69, 9.17) is 4.74 Å². The van der Waals surface area contributed by atoms with Gasteiger partial charge in [0.1, 0.15) is 0 Å². The molecule has 0 unspecified atom stereocenters. The van der Waals surface area contributed by atoms with Crippen LogP contribution in [0.15, 0.2) is 60.7 Å². The van der Waals surface area contributed by atoms with Crippen LogP contribution in [0.5, 0.6) is 0 Å². The zero-order chi connectivity index (χ0) is 17.4. The molecule has 0 N–H and O–H groups in total. The minimum atomic E-state index is -0.153. The number of hydrogen-bond acceptors (Lipinski definition) is 3. The number of nitrogens with zero attached hydrogens (tertiary/aromatic N) is 1. The van der Waals surface area contributed by atoms with Gasteiger partial charge in [0.15, 0.2) is 0 Å². The molecular weight excluding hydrogens is 298 g/mol. The van der Waals surface area contributed by atoms with E-state index in [9.17, 15) is 4.79 Å². The Balaban J connectivity index is 2.23. The van der Waals surface area contributed by atoms with E-state index in [0.717, 1.165) is 13.1 Å². The molecule has 0 spiro atoms. The van der Waals surface area contributed by atoms with Crippen molar-refractivity contribution < 1.29 is 9.53 Å². The first-order valence-corrected chi connectivity index (χ1v) is 8.49. The van der Waals surface area contributed by atoms with E-state index in [1.165, 1.54) is 18.2 Å². The van der Waals surface area contributed by atoms with E-state index in [-0.39, 0.29) is 12.0 Å². The van der Waals surface area contributed by atoms with Crippen LogP contribution in [0.4, 0.5) is 0 Å². The number of methoxy groups -OCH3 is 1. The molecular formula is C21H27NO2. The highest BCUT2D eigenvalue weighted by Crippen LogP contribution is 2.21. The second-order valence-corrected chi connectivity index (χ2v) is 6.47. The maximum absolute atomic E-state index is 11.9. The average molecular weight is 325 g/mol. The minimum Gasteiger partial charge on any atom is -0.469 e. The van der Waals surface area contributed by atoms with Gasteiger partial charge in [-0.05, 0) is 17.0 Å². The van der Waals surface area contributed by atoms with Crippen LogP contribution in [-0.4, -0.2) is 24.0 Å². The topological polar surface area (TPSA) is 29.5 Å². The summed E-state index contributed by atoms with van der Waals surface area (Å²) in [6, 6.07) is 20.9. The average Bonchev–Trinajstić information content (AvgIpc) is 2.60. The van der Waals surface area contributed by atoms with Gasteiger partial charge in [0, 0.05) is 19.1 Å². The Labute approximate surface area is 145 Å². The summed E-state index contributed by atoms with van der Waals surface area (Å²) < 4.78 is 4.92. The van der Waals surface area contributed by atoms with E-state index in [1.807, 2.05) is 12.1 Å². The van der Waals surface area contributed by atoms with E-state index in [0.29, 0.717) is 12.3 Å². The molecule has 0 saturated carbocycles. The fourth-order valence-electron chi connectivity index (χ4n) is 2.97. The highest BCUT2D eigenvalue weighted by Gasteiger charge is 2.25. The van der Waals surface area contributed by atoms with E-state index in [2.05, 4.69) is 67.3 Å². The Hall–Kier alpha value is -2.13. The molecule has 2 rings (SSSR count). The lowest BCUT2D eigenvalue weighted by Crippen LogP contribution is -2.40. The van der Waals surface area contributed by atoms with Crippen molar-refractivity contribution in [3.05, 3.63) is 71.8 Å². The Morgan fingerprint density at radius 3 is 1.75 bits per heavy atom. The first-order chi connectivity index (χ1) is 11.6. The van der Waals surface area contributed by atoms with Gasteiger partial charge in [0.25, 0.3) is 0 Å². The summed E-state index contributed by atoms with van der Waals surface area (Å²) in [5.74, 6) is 0.205. The molecule has 0 aliphatic heterocycles. The predicted octanol–water partition coefficient (Wildman–Crippen LogP) is 4.28. The van der Waals surface area contributed by atoms with Crippen molar-refractivity contribution in [2.24, 2.45) is 5.92 Å². The van der Waals surface area contributed by atoms with Crippen molar-refractivity contribution >= 4 is 5.97 Å². The molecule has 0 amide bonds. The van der Waals surface area contributed by atoms with Crippen LogP contribution in [-0.2, 0) is 22.6 Å². The normalized spacial score (nSPS) is 12.4. The molecule has 2 aromatic carbocycles. The monoisotopic (exact) mass is 325 g/mol. The summed E-state index contributed by atoms with van der Waals surface area (Å²) in [5, 5.41) is 0. The van der Waals surface area contributed by atoms with Gasteiger partial charge in [-0.2, -0.15) is 0 Å². The summed E-state index contributed by atoms with van der Waals surface area (Å²) in [7, 11) is 1.46. The Bertz CT molecular complexity index is 569. The third kappa shape index (κ3) is 5.50. The Morgan fingerprint density at radius 2 is 1.38 bits per heavy atom. The van der Waals surface area contributed by atoms with Gasteiger partial charge < -0.3 is 4.74 Å². The van der Waals surface area contributed by atoms with Crippen molar-refractivity contribution in [1.29, 1.82) is 0 Å². The molecule has 0 radical (unpaired) electrons. The maximum Gasteiger partial charge on any atom is 0.307 e. The number of carbonyl (C=O) groups is 1. The zero-order valence-corrected chi connectivity index (χ0v) is 14.8. The fourth-order valence-corrected chi connectivity index (χ4v) is 2.97. The van der Waals surface area contributed by atoms with Crippen LogP contribution in [0.1, 0.15) is 31.4 Å². The SMILES string of the molecule is COC(=O)C[C@@H](C(C)C)N(Cc1ccccc1)Cc1ccccc1. The number of esters is 1. The van der Waals surface area contributed by atoms with Gasteiger partial charge in [0.05, 0.1) is 13.5 Å². The molecule has 3 heteroatoms. The zero-order valence-electron chi connectivity index (χ0n) is 14.8. The molecule has 128 valence electrons. The molecule has 0 heterocycles. The molecule has 1 atom stereocenters. The highest BCUT2D eigenvalue weighted by atomic mass is 16.5. The molecule has 0 aliphatic carbocycles. The highest BCUT2D eigenvalue weighted by molar-refractivity contribution is 5.69. The second kappa shape index (κ2) is 9.24. The molecule has 24 heavy (non-hydrogen) atoms. The lowest BCUT2D eigenvalue weighted by atomic mass is 9.97. The largest absolute Gasteiger partial charge is 0.469 e. The van der Waals surface area contributed by atoms with E-state index in [1.54, 1.807) is 0 Å². The number of hydrogen-bond donors (Lipinski definition) is 0. The Morgan fingerprint density at radius 1 is 0.917 bits per heavy atom. The van der Waals surface area contributed by atoms with Crippen LogP contribution in [0.2, 0.25) is 0 Å². The molecule has 0 saturated heterocycles. The minimum absolute atomic E-state index is 0.137. The summed E-state index contributed by atoms with van der Waals surface area (Å²) in [5.41, 5.74) is 2.51. The van der Waals surface area contributed by atoms with Crippen LogP contribution in [0.3, 0.4) is 0 Å². The van der Waals surface area contributed by atoms with Gasteiger partial charge in [-0.15, -0.1) is 0 Å². The van der Waals surface area contributed by atoms with Crippen LogP contribution in [0.25, 0.3) is 0 Å². The van der Waals surface area contributed by atoms with Crippen molar-refractivity contribution in [2.45, 2.75) is 39.4 Å². The van der Waals surface area contributed by atoms with Crippen LogP contribution >= 0.6 is 0 Å². The van der Waals surface area contributed by atoms with Gasteiger partial charge in [-0.3, -0.25) is 9.69 Å². The fraction of sp³-hybridized carbons (Fsp3) is 0.381. The third-order valence-electron chi connectivity index (χ3n) is 4.30. The van der Waals surface area contributed by atoms with Gasteiger partial charge >= 0.3 is 5.97 Å². The molecule has 0 aliphatic rings. The molecule has 0 bridgehead atoms. The lowest BCUT2D eigenvalue weighted by Gasteiger charge is -2.34. The van der Waals surface area contributed by atoms with Gasteiger partial charge in [0.2, 0.25) is 0 Å². The van der Waals surface area contributed by atoms with Crippen molar-refractivity contribution in [1.82, 2.24) is 4.90 Å². The van der Waals surface area contributed by atoms with Crippen molar-refractivity contribution in [2.75, 3.05) is 7.11 Å². The number of rotatable bonds is 8. The molecule has 0 fully saturated rings. The van der Waals surface area contributed by atoms with Crippen LogP contribution < -0.4 is 0 Å². The lowest BCUT2D eigenvalue weighted by molar-refractivity contribution is -0.142. The molecule has 3 nitrogen and oxygen atoms in total. The summed E-state index contributed by atoms with van der Waals surface area (Å²) >= 11 is 0. The van der Waals surface area contributed by atoms with E-state index >= 15 is 0 Å². The molecule has 0 aromatic heterocycles. The van der Waals surface area contributed by atoms with Gasteiger partial charge in [-0.25, -0.2) is 0 Å². The number of ether oxygens (including phenoxy) is 1. The van der Waals surface area contributed by atoms with Gasteiger partial charge in [-0.1, -0.05) is 74.5 Å². The second-order valence-electron chi connectivity index (χ2n) is 6.47. The Kier molecular flexibility index (Phi) is 7.01. The smallest absolute Gasteiger partial charge is 0.307 e. The standard InChI is InChI=1S/C21H27NO2/c1-17(2)20(14-21(23)24-3)22(15-18-10-6-4-7-11-18)16-19-12-8-5-9-13-19/h4-13,17,20H,14-16H2,1-3H3/t20-/m0/s1. The number of carbonyl (C=O) groups excluding carboxylic acids is 1. The maximum atomic E-state index is 11.9. The quantitative estimate of drug-likeness (QED) is 0.679. The molecule has 2 aromatic rings. The first kappa shape index (κ1) is 18.2. The van der Waals surface area contributed by atoms with Crippen molar-refractivity contribution in [3.63, 3.8) is 0 Å². The summed E-state index contributed by atoms with van der Waals surface area (Å²) in [4.78, 5) is 14.3. The van der Waals surface area contributed by atoms with Crippen molar-refractivity contribution in [3.8, 4) is 0 Å². The summed E-state index contributed by atoms with van der Waals surface area (Å²) in [6.45, 7) is 5.96. The summed E-state index contributed by atoms with van der Waals surface area (Å²) in [6.07, 6.45) is 0.411. The van der Waals surface area contributed by atoms with E-state index < -0.39 is 0 Å². The predicted molar refractivity (Wildman–Crippen MR) is 97.4 cm³/mol. The third-order valence-corrected chi connectivity index (χ3v) is 4.30. The first-order valence-electron chi connectivity index (χ1n) is 8.49. The van der Waals surface area contributed by atoms with Crippen LogP contribution in [0, 0.1) is 5.92 Å². The number of benzene rings is 2.